The molecule has 8 nitrogen and oxygen atoms in total. The van der Waals surface area contributed by atoms with Crippen molar-refractivity contribution in [1.29, 1.82) is 0 Å². The maximum atomic E-state index is 13.0. The summed E-state index contributed by atoms with van der Waals surface area (Å²) in [6.45, 7) is 1.89. The van der Waals surface area contributed by atoms with E-state index in [0.29, 0.717) is 16.3 Å². The van der Waals surface area contributed by atoms with Gasteiger partial charge in [0.2, 0.25) is 14.6 Å². The Morgan fingerprint density at radius 3 is 1.93 bits per heavy atom. The topological polar surface area (TPSA) is 110 Å². The van der Waals surface area contributed by atoms with Gasteiger partial charge in [-0.25, -0.2) is 8.42 Å². The Hall–Kier alpha value is -4.03. The van der Waals surface area contributed by atoms with Crippen molar-refractivity contribution in [3.05, 3.63) is 130 Å². The SMILES string of the molecule is Cc1ccc(S(=O)(=O)c2ccc(N/N=C/c3s/c(=N/S(=O)(=O)c4ccccc4)n(-c4ccccc4)c3Cl)cc2)cc1. The first-order chi connectivity index (χ1) is 19.6. The van der Waals surface area contributed by atoms with E-state index in [-0.39, 0.29) is 24.6 Å². The van der Waals surface area contributed by atoms with Crippen LogP contribution in [0.2, 0.25) is 5.15 Å². The molecule has 0 aliphatic carbocycles. The van der Waals surface area contributed by atoms with Gasteiger partial charge >= 0.3 is 0 Å². The first-order valence-electron chi connectivity index (χ1n) is 12.2. The second kappa shape index (κ2) is 11.8. The third-order valence-electron chi connectivity index (χ3n) is 5.92. The molecule has 0 spiro atoms. The number of sulfonamides is 1. The molecule has 5 rings (SSSR count). The summed E-state index contributed by atoms with van der Waals surface area (Å²) in [5.74, 6) is 0. The van der Waals surface area contributed by atoms with Gasteiger partial charge in [0.1, 0.15) is 5.15 Å². The van der Waals surface area contributed by atoms with Gasteiger partial charge in [0.25, 0.3) is 10.0 Å². The molecule has 5 aromatic rings. The van der Waals surface area contributed by atoms with Crippen LogP contribution in [-0.4, -0.2) is 27.6 Å². The van der Waals surface area contributed by atoms with Crippen molar-refractivity contribution >= 4 is 54.7 Å². The number of nitrogens with one attached hydrogen (secondary N) is 1. The van der Waals surface area contributed by atoms with Gasteiger partial charge in [0.15, 0.2) is 0 Å². The number of anilines is 1. The molecule has 1 N–H and O–H groups in total. The fourth-order valence-corrected chi connectivity index (χ4v) is 7.55. The molecule has 0 aliphatic heterocycles. The molecule has 0 unspecified atom stereocenters. The van der Waals surface area contributed by atoms with Crippen LogP contribution in [0.3, 0.4) is 0 Å². The van der Waals surface area contributed by atoms with Gasteiger partial charge in [-0.2, -0.15) is 13.5 Å². The molecule has 0 amide bonds. The van der Waals surface area contributed by atoms with Crippen molar-refractivity contribution in [1.82, 2.24) is 4.57 Å². The summed E-state index contributed by atoms with van der Waals surface area (Å²) in [4.78, 5) is 1.05. The van der Waals surface area contributed by atoms with Gasteiger partial charge in [0.05, 0.1) is 31.5 Å². The molecule has 0 aliphatic rings. The van der Waals surface area contributed by atoms with Gasteiger partial charge < -0.3 is 0 Å². The Kier molecular flexibility index (Phi) is 8.22. The largest absolute Gasteiger partial charge is 0.285 e. The fraction of sp³-hybridized carbons (Fsp3) is 0.0345. The van der Waals surface area contributed by atoms with Crippen molar-refractivity contribution in [2.24, 2.45) is 9.50 Å². The third-order valence-corrected chi connectivity index (χ3v) is 10.6. The molecule has 4 aromatic carbocycles. The maximum absolute atomic E-state index is 13.0. The highest BCUT2D eigenvalue weighted by molar-refractivity contribution is 7.91. The summed E-state index contributed by atoms with van der Waals surface area (Å²) in [6, 6.07) is 29.9. The monoisotopic (exact) mass is 622 g/mol. The highest BCUT2D eigenvalue weighted by atomic mass is 35.5. The van der Waals surface area contributed by atoms with Crippen LogP contribution in [0.5, 0.6) is 0 Å². The predicted octanol–water partition coefficient (Wildman–Crippen LogP) is 6.07. The fourth-order valence-electron chi connectivity index (χ4n) is 3.80. The number of benzene rings is 4. The number of aryl methyl sites for hydroxylation is 1. The Morgan fingerprint density at radius 1 is 0.756 bits per heavy atom. The lowest BCUT2D eigenvalue weighted by atomic mass is 10.2. The van der Waals surface area contributed by atoms with Crippen molar-refractivity contribution in [2.75, 3.05) is 5.43 Å². The molecule has 1 heterocycles. The standard InChI is InChI=1S/C29H23ClN4O4S3/c1-21-12-16-24(17-13-21)40(35,36)25-18-14-22(15-19-25)32-31-20-27-28(30)34(23-8-4-2-5-9-23)29(39-27)33-41(37,38)26-10-6-3-7-11-26/h2-20,32H,1H3/b31-20+,33-29+. The smallest absolute Gasteiger partial charge is 0.278 e. The molecule has 1 aromatic heterocycles. The lowest BCUT2D eigenvalue weighted by molar-refractivity contribution is 0.594. The second-order valence-electron chi connectivity index (χ2n) is 8.80. The lowest BCUT2D eigenvalue weighted by Crippen LogP contribution is -2.15. The number of hydrogen-bond acceptors (Lipinski definition) is 7. The van der Waals surface area contributed by atoms with Crippen LogP contribution >= 0.6 is 22.9 Å². The number of nitrogens with zero attached hydrogens (tertiary/aromatic N) is 3. The number of aromatic nitrogens is 1. The van der Waals surface area contributed by atoms with E-state index in [9.17, 15) is 16.8 Å². The second-order valence-corrected chi connectivity index (χ2v) is 13.7. The minimum absolute atomic E-state index is 0.0638. The molecular formula is C29H23ClN4O4S3. The lowest BCUT2D eigenvalue weighted by Gasteiger charge is -2.06. The van der Waals surface area contributed by atoms with E-state index in [1.165, 1.54) is 30.5 Å². The van der Waals surface area contributed by atoms with Crippen LogP contribution in [0.4, 0.5) is 5.69 Å². The van der Waals surface area contributed by atoms with E-state index >= 15 is 0 Å². The van der Waals surface area contributed by atoms with Gasteiger partial charge in [-0.3, -0.25) is 9.99 Å². The number of hydrogen-bond donors (Lipinski definition) is 1. The molecule has 208 valence electrons. The van der Waals surface area contributed by atoms with Gasteiger partial charge in [-0.05, 0) is 67.6 Å². The van der Waals surface area contributed by atoms with Crippen LogP contribution < -0.4 is 10.2 Å². The van der Waals surface area contributed by atoms with Crippen LogP contribution in [-0.2, 0) is 19.9 Å². The zero-order valence-corrected chi connectivity index (χ0v) is 24.8. The van der Waals surface area contributed by atoms with E-state index in [2.05, 4.69) is 14.9 Å². The normalized spacial score (nSPS) is 12.6. The molecule has 0 bridgehead atoms. The summed E-state index contributed by atoms with van der Waals surface area (Å²) in [5, 5.41) is 4.46. The highest BCUT2D eigenvalue weighted by Gasteiger charge is 2.18. The highest BCUT2D eigenvalue weighted by Crippen LogP contribution is 2.24. The van der Waals surface area contributed by atoms with Crippen molar-refractivity contribution in [3.8, 4) is 5.69 Å². The van der Waals surface area contributed by atoms with E-state index in [1.807, 2.05) is 25.1 Å². The maximum Gasteiger partial charge on any atom is 0.285 e. The summed E-state index contributed by atoms with van der Waals surface area (Å²) in [6.07, 6.45) is 1.46. The predicted molar refractivity (Wildman–Crippen MR) is 162 cm³/mol. The van der Waals surface area contributed by atoms with Crippen LogP contribution in [0.15, 0.2) is 133 Å². The average molecular weight is 623 g/mol. The first kappa shape index (κ1) is 28.5. The summed E-state index contributed by atoms with van der Waals surface area (Å²) in [7, 11) is -7.65. The quantitative estimate of drug-likeness (QED) is 0.167. The van der Waals surface area contributed by atoms with Crippen LogP contribution in [0.25, 0.3) is 5.69 Å². The van der Waals surface area contributed by atoms with Crippen molar-refractivity contribution < 1.29 is 16.8 Å². The number of para-hydroxylation sites is 1. The minimum atomic E-state index is -4.00. The summed E-state index contributed by atoms with van der Waals surface area (Å²) >= 11 is 7.75. The third kappa shape index (κ3) is 6.33. The Bertz CT molecular complexity index is 1990. The molecular weight excluding hydrogens is 600 g/mol. The zero-order chi connectivity index (χ0) is 29.0. The van der Waals surface area contributed by atoms with Gasteiger partial charge in [-0.15, -0.1) is 4.40 Å². The molecule has 0 radical (unpaired) electrons. The molecule has 0 fully saturated rings. The molecule has 0 atom stereocenters. The molecule has 12 heteroatoms. The van der Waals surface area contributed by atoms with Crippen molar-refractivity contribution in [3.63, 3.8) is 0 Å². The Morgan fingerprint density at radius 2 is 1.32 bits per heavy atom. The number of halogens is 1. The van der Waals surface area contributed by atoms with Gasteiger partial charge in [-0.1, -0.05) is 77.0 Å². The number of sulfone groups is 1. The summed E-state index contributed by atoms with van der Waals surface area (Å²) in [5.41, 5.74) is 5.00. The number of rotatable bonds is 8. The first-order valence-corrected chi connectivity index (χ1v) is 16.3. The number of thiazole rings is 1. The average Bonchev–Trinajstić information content (AvgIpc) is 3.28. The molecule has 0 saturated carbocycles. The Balaban J connectivity index is 1.43. The molecule has 41 heavy (non-hydrogen) atoms. The van der Waals surface area contributed by atoms with E-state index < -0.39 is 19.9 Å². The minimum Gasteiger partial charge on any atom is -0.278 e. The van der Waals surface area contributed by atoms with Gasteiger partial charge in [0, 0.05) is 5.69 Å². The van der Waals surface area contributed by atoms with Crippen molar-refractivity contribution in [2.45, 2.75) is 21.6 Å². The summed E-state index contributed by atoms with van der Waals surface area (Å²) < 4.78 is 57.5. The Labute approximate surface area is 246 Å². The zero-order valence-electron chi connectivity index (χ0n) is 21.5. The van der Waals surface area contributed by atoms with E-state index in [4.69, 9.17) is 11.6 Å². The number of hydrazone groups is 1. The molecule has 0 saturated heterocycles. The van der Waals surface area contributed by atoms with Crippen LogP contribution in [0.1, 0.15) is 10.4 Å². The van der Waals surface area contributed by atoms with Crippen LogP contribution in [0, 0.1) is 6.92 Å². The van der Waals surface area contributed by atoms with E-state index in [1.54, 1.807) is 71.3 Å². The van der Waals surface area contributed by atoms with E-state index in [0.717, 1.165) is 16.9 Å².